The number of hydrogen-bond acceptors (Lipinski definition) is 2. The fourth-order valence-corrected chi connectivity index (χ4v) is 0.890. The van der Waals surface area contributed by atoms with Gasteiger partial charge in [-0.2, -0.15) is 0 Å². The van der Waals surface area contributed by atoms with Crippen molar-refractivity contribution in [2.24, 2.45) is 5.50 Å². The van der Waals surface area contributed by atoms with E-state index in [1.165, 1.54) is 0 Å². The van der Waals surface area contributed by atoms with Crippen LogP contribution in [-0.2, 0) is 16.3 Å². The monoisotopic (exact) mass is 155 g/mol. The van der Waals surface area contributed by atoms with E-state index in [2.05, 4.69) is 16.3 Å². The third-order valence-electron chi connectivity index (χ3n) is 0.480. The van der Waals surface area contributed by atoms with Crippen molar-refractivity contribution in [1.29, 1.82) is 0 Å². The van der Waals surface area contributed by atoms with Crippen molar-refractivity contribution in [2.45, 2.75) is 13.3 Å². The molecule has 0 bridgehead atoms. The lowest BCUT2D eigenvalue weighted by Gasteiger charge is -2.06. The van der Waals surface area contributed by atoms with Crippen LogP contribution in [0.2, 0.25) is 0 Å². The predicted octanol–water partition coefficient (Wildman–Crippen LogP) is 0.589. The Morgan fingerprint density at radius 1 is 1.88 bits per heavy atom. The molecule has 0 aliphatic rings. The van der Waals surface area contributed by atoms with Crippen LogP contribution in [0.15, 0.2) is 0 Å². The van der Waals surface area contributed by atoms with Gasteiger partial charge < -0.3 is 9.42 Å². The van der Waals surface area contributed by atoms with Crippen molar-refractivity contribution >= 4 is 18.4 Å². The molecular formula is C3H10NO2PS. The number of rotatable bonds is 3. The van der Waals surface area contributed by atoms with Crippen LogP contribution in [0.25, 0.3) is 0 Å². The van der Waals surface area contributed by atoms with Gasteiger partial charge in [-0.15, -0.1) is 0 Å². The summed E-state index contributed by atoms with van der Waals surface area (Å²) >= 11 is 4.37. The largest absolute Gasteiger partial charge is 0.334 e. The van der Waals surface area contributed by atoms with E-state index >= 15 is 0 Å². The third kappa shape index (κ3) is 6.53. The predicted molar refractivity (Wildman–Crippen MR) is 36.9 cm³/mol. The van der Waals surface area contributed by atoms with Crippen molar-refractivity contribution in [3.05, 3.63) is 0 Å². The van der Waals surface area contributed by atoms with E-state index in [0.717, 1.165) is 6.42 Å². The first-order valence-electron chi connectivity index (χ1n) is 2.32. The minimum atomic E-state index is -2.85. The Morgan fingerprint density at radius 3 is 2.50 bits per heavy atom. The minimum absolute atomic E-state index is 0.449. The molecule has 3 nitrogen and oxygen atoms in total. The molecule has 0 saturated heterocycles. The summed E-state index contributed by atoms with van der Waals surface area (Å²) < 4.78 is 4.64. The zero-order valence-corrected chi connectivity index (χ0v) is 6.41. The van der Waals surface area contributed by atoms with E-state index in [-0.39, 0.29) is 0 Å². The van der Waals surface area contributed by atoms with Gasteiger partial charge in [0.1, 0.15) is 0 Å². The topological polar surface area (TPSA) is 55.5 Å². The van der Waals surface area contributed by atoms with Gasteiger partial charge in [-0.3, -0.25) is 5.50 Å². The molecule has 3 N–H and O–H groups in total. The molecule has 0 saturated carbocycles. The van der Waals surface area contributed by atoms with E-state index in [0.29, 0.717) is 6.61 Å². The Kier molecular flexibility index (Phi) is 3.77. The van der Waals surface area contributed by atoms with Gasteiger partial charge in [0.2, 0.25) is 0 Å². The lowest BCUT2D eigenvalue weighted by atomic mass is 10.5. The van der Waals surface area contributed by atoms with Crippen LogP contribution >= 0.6 is 6.64 Å². The molecule has 1 unspecified atom stereocenters. The second kappa shape index (κ2) is 3.54. The summed E-state index contributed by atoms with van der Waals surface area (Å²) in [5.41, 5.74) is 4.98. The first-order chi connectivity index (χ1) is 3.56. The van der Waals surface area contributed by atoms with Gasteiger partial charge >= 0.3 is 0 Å². The second-order valence-electron chi connectivity index (χ2n) is 1.40. The Hall–Kier alpha value is 0.530. The van der Waals surface area contributed by atoms with Gasteiger partial charge in [-0.05, 0) is 18.2 Å². The highest BCUT2D eigenvalue weighted by Crippen LogP contribution is 2.31. The molecule has 0 amide bonds. The summed E-state index contributed by atoms with van der Waals surface area (Å²) in [7, 11) is 0. The summed E-state index contributed by atoms with van der Waals surface area (Å²) in [5, 5.41) is 0. The Labute approximate surface area is 54.1 Å². The molecule has 8 heavy (non-hydrogen) atoms. The second-order valence-corrected chi connectivity index (χ2v) is 4.35. The zero-order chi connectivity index (χ0) is 6.62. The summed E-state index contributed by atoms with van der Waals surface area (Å²) in [5.74, 6) is 0. The Morgan fingerprint density at radius 2 is 2.38 bits per heavy atom. The van der Waals surface area contributed by atoms with E-state index in [9.17, 15) is 0 Å². The van der Waals surface area contributed by atoms with E-state index in [1.54, 1.807) is 0 Å². The fraction of sp³-hybridized carbons (Fsp3) is 1.00. The quantitative estimate of drug-likeness (QED) is 0.585. The van der Waals surface area contributed by atoms with Gasteiger partial charge in [0, 0.05) is 0 Å². The molecule has 0 fully saturated rings. The molecule has 0 aromatic rings. The van der Waals surface area contributed by atoms with E-state index in [4.69, 9.17) is 10.4 Å². The normalized spacial score (nSPS) is 17.9. The third-order valence-corrected chi connectivity index (χ3v) is 1.35. The van der Waals surface area contributed by atoms with E-state index in [1.807, 2.05) is 6.92 Å². The average Bonchev–Trinajstić information content (AvgIpc) is 1.59. The van der Waals surface area contributed by atoms with Crippen LogP contribution in [0.4, 0.5) is 0 Å². The van der Waals surface area contributed by atoms with Gasteiger partial charge in [-0.25, -0.2) is 0 Å². The molecule has 1 atom stereocenters. The minimum Gasteiger partial charge on any atom is -0.334 e. The van der Waals surface area contributed by atoms with Crippen molar-refractivity contribution in [3.63, 3.8) is 0 Å². The SMILES string of the molecule is CCCOP(N)(O)=S. The van der Waals surface area contributed by atoms with Crippen LogP contribution in [0.3, 0.4) is 0 Å². The summed E-state index contributed by atoms with van der Waals surface area (Å²) in [4.78, 5) is 8.63. The molecule has 0 aromatic carbocycles. The van der Waals surface area contributed by atoms with Crippen LogP contribution in [0, 0.1) is 0 Å². The van der Waals surface area contributed by atoms with Gasteiger partial charge in [0.25, 0.3) is 6.64 Å². The van der Waals surface area contributed by atoms with Crippen molar-refractivity contribution < 1.29 is 9.42 Å². The summed E-state index contributed by atoms with van der Waals surface area (Å²) in [6, 6.07) is 0. The van der Waals surface area contributed by atoms with Crippen LogP contribution in [0.1, 0.15) is 13.3 Å². The fourth-order valence-electron chi connectivity index (χ4n) is 0.222. The highest BCUT2D eigenvalue weighted by molar-refractivity contribution is 8.08. The Bertz CT molecular complexity index is 101. The molecule has 0 aliphatic carbocycles. The standard InChI is InChI=1S/C3H10NO2PS/c1-2-3-6-7(4,5)8/h2-3H2,1H3,(H3,4,5,8). The Balaban J connectivity index is 3.26. The van der Waals surface area contributed by atoms with Crippen molar-refractivity contribution in [2.75, 3.05) is 6.61 Å². The molecule has 0 radical (unpaired) electrons. The molecule has 5 heteroatoms. The molecule has 50 valence electrons. The van der Waals surface area contributed by atoms with Crippen LogP contribution < -0.4 is 5.50 Å². The maximum Gasteiger partial charge on any atom is 0.255 e. The van der Waals surface area contributed by atoms with Crippen LogP contribution in [0.5, 0.6) is 0 Å². The van der Waals surface area contributed by atoms with Crippen LogP contribution in [-0.4, -0.2) is 11.5 Å². The molecule has 0 rings (SSSR count). The first kappa shape index (κ1) is 8.53. The number of nitrogens with two attached hydrogens (primary N) is 1. The van der Waals surface area contributed by atoms with Gasteiger partial charge in [0.05, 0.1) is 6.61 Å². The molecular weight excluding hydrogens is 145 g/mol. The van der Waals surface area contributed by atoms with Crippen molar-refractivity contribution in [1.82, 2.24) is 0 Å². The average molecular weight is 155 g/mol. The summed E-state index contributed by atoms with van der Waals surface area (Å²) in [6.07, 6.45) is 0.830. The smallest absolute Gasteiger partial charge is 0.255 e. The maximum absolute atomic E-state index is 8.63. The molecule has 0 aliphatic heterocycles. The molecule has 0 spiro atoms. The maximum atomic E-state index is 8.63. The lowest BCUT2D eigenvalue weighted by molar-refractivity contribution is 0.308. The van der Waals surface area contributed by atoms with Crippen molar-refractivity contribution in [3.8, 4) is 0 Å². The zero-order valence-electron chi connectivity index (χ0n) is 4.70. The van der Waals surface area contributed by atoms with E-state index < -0.39 is 6.64 Å². The van der Waals surface area contributed by atoms with Gasteiger partial charge in [0.15, 0.2) is 0 Å². The van der Waals surface area contributed by atoms with Gasteiger partial charge in [-0.1, -0.05) is 6.92 Å². The highest BCUT2D eigenvalue weighted by Gasteiger charge is 2.01. The summed E-state index contributed by atoms with van der Waals surface area (Å²) in [6.45, 7) is -0.479. The molecule has 0 aromatic heterocycles. The first-order valence-corrected chi connectivity index (χ1v) is 5.06. The number of hydrogen-bond donors (Lipinski definition) is 2. The molecule has 0 heterocycles. The highest BCUT2D eigenvalue weighted by atomic mass is 32.5. The lowest BCUT2D eigenvalue weighted by Crippen LogP contribution is -1.98.